The van der Waals surface area contributed by atoms with E-state index < -0.39 is 6.04 Å². The maximum absolute atomic E-state index is 11.8. The van der Waals surface area contributed by atoms with Gasteiger partial charge >= 0.3 is 0 Å². The van der Waals surface area contributed by atoms with Crippen LogP contribution in [0.4, 0.5) is 0 Å². The van der Waals surface area contributed by atoms with Gasteiger partial charge in [-0.3, -0.25) is 9.59 Å². The molecule has 0 aliphatic heterocycles. The van der Waals surface area contributed by atoms with Crippen LogP contribution in [0.15, 0.2) is 30.3 Å². The standard InChI is InChI=1S/C14H21N3O2/c1-2-9-16-12(18)8-10-17-14(19)13(15)11-6-4-3-5-7-11/h3-7,13H,2,8-10,15H2,1H3,(H,16,18)(H,17,19)/t13-/m0/s1. The van der Waals surface area contributed by atoms with Crippen LogP contribution < -0.4 is 16.4 Å². The lowest BCUT2D eigenvalue weighted by atomic mass is 10.1. The zero-order valence-corrected chi connectivity index (χ0v) is 11.2. The second-order valence-electron chi connectivity index (χ2n) is 4.28. The summed E-state index contributed by atoms with van der Waals surface area (Å²) in [6, 6.07) is 8.45. The van der Waals surface area contributed by atoms with Gasteiger partial charge in [-0.05, 0) is 12.0 Å². The first-order valence-electron chi connectivity index (χ1n) is 6.50. The van der Waals surface area contributed by atoms with Gasteiger partial charge in [-0.25, -0.2) is 0 Å². The lowest BCUT2D eigenvalue weighted by molar-refractivity contribution is -0.123. The SMILES string of the molecule is CCCNC(=O)CCNC(=O)[C@@H](N)c1ccccc1. The van der Waals surface area contributed by atoms with E-state index in [1.165, 1.54) is 0 Å². The van der Waals surface area contributed by atoms with E-state index in [2.05, 4.69) is 10.6 Å². The van der Waals surface area contributed by atoms with Crippen molar-refractivity contribution < 1.29 is 9.59 Å². The maximum Gasteiger partial charge on any atom is 0.241 e. The van der Waals surface area contributed by atoms with Crippen LogP contribution in [-0.4, -0.2) is 24.9 Å². The van der Waals surface area contributed by atoms with Gasteiger partial charge in [-0.2, -0.15) is 0 Å². The highest BCUT2D eigenvalue weighted by Crippen LogP contribution is 2.08. The number of hydrogen-bond donors (Lipinski definition) is 3. The monoisotopic (exact) mass is 263 g/mol. The molecular formula is C14H21N3O2. The molecular weight excluding hydrogens is 242 g/mol. The maximum atomic E-state index is 11.8. The molecule has 19 heavy (non-hydrogen) atoms. The molecule has 1 rings (SSSR count). The zero-order valence-electron chi connectivity index (χ0n) is 11.2. The van der Waals surface area contributed by atoms with E-state index in [4.69, 9.17) is 5.73 Å². The average molecular weight is 263 g/mol. The molecule has 0 aromatic heterocycles. The summed E-state index contributed by atoms with van der Waals surface area (Å²) in [6.07, 6.45) is 1.17. The van der Waals surface area contributed by atoms with Crippen LogP contribution in [0.1, 0.15) is 31.4 Å². The predicted molar refractivity (Wildman–Crippen MR) is 74.3 cm³/mol. The van der Waals surface area contributed by atoms with Crippen molar-refractivity contribution >= 4 is 11.8 Å². The smallest absolute Gasteiger partial charge is 0.241 e. The Morgan fingerprint density at radius 3 is 2.47 bits per heavy atom. The first-order valence-corrected chi connectivity index (χ1v) is 6.50. The molecule has 0 bridgehead atoms. The van der Waals surface area contributed by atoms with Crippen LogP contribution in [0.25, 0.3) is 0 Å². The lowest BCUT2D eigenvalue weighted by Crippen LogP contribution is -2.36. The van der Waals surface area contributed by atoms with Crippen LogP contribution in [0.5, 0.6) is 0 Å². The Bertz CT molecular complexity index is 406. The number of benzene rings is 1. The van der Waals surface area contributed by atoms with Gasteiger partial charge < -0.3 is 16.4 Å². The van der Waals surface area contributed by atoms with Gasteiger partial charge in [0.15, 0.2) is 0 Å². The van der Waals surface area contributed by atoms with E-state index >= 15 is 0 Å². The summed E-state index contributed by atoms with van der Waals surface area (Å²) in [5, 5.41) is 5.41. The molecule has 0 heterocycles. The van der Waals surface area contributed by atoms with Crippen LogP contribution in [0.3, 0.4) is 0 Å². The second-order valence-corrected chi connectivity index (χ2v) is 4.28. The first kappa shape index (κ1) is 15.2. The van der Waals surface area contributed by atoms with Crippen LogP contribution in [-0.2, 0) is 9.59 Å². The number of carbonyl (C=O) groups excluding carboxylic acids is 2. The van der Waals surface area contributed by atoms with Crippen molar-refractivity contribution in [3.8, 4) is 0 Å². The average Bonchev–Trinajstić information content (AvgIpc) is 2.45. The minimum absolute atomic E-state index is 0.0598. The summed E-state index contributed by atoms with van der Waals surface area (Å²) >= 11 is 0. The van der Waals surface area contributed by atoms with Crippen molar-refractivity contribution in [2.75, 3.05) is 13.1 Å². The summed E-state index contributed by atoms with van der Waals surface area (Å²) in [6.45, 7) is 2.95. The van der Waals surface area contributed by atoms with Crippen LogP contribution in [0, 0.1) is 0 Å². The minimum Gasteiger partial charge on any atom is -0.356 e. The topological polar surface area (TPSA) is 84.2 Å². The van der Waals surface area contributed by atoms with E-state index in [-0.39, 0.29) is 18.2 Å². The highest BCUT2D eigenvalue weighted by atomic mass is 16.2. The molecule has 4 N–H and O–H groups in total. The third-order valence-corrected chi connectivity index (χ3v) is 2.66. The first-order chi connectivity index (χ1) is 9.15. The molecule has 0 saturated carbocycles. The minimum atomic E-state index is -0.695. The molecule has 0 radical (unpaired) electrons. The van der Waals surface area contributed by atoms with Gasteiger partial charge in [0.2, 0.25) is 11.8 Å². The normalized spacial score (nSPS) is 11.7. The van der Waals surface area contributed by atoms with Crippen molar-refractivity contribution in [2.24, 2.45) is 5.73 Å². The largest absolute Gasteiger partial charge is 0.356 e. The fourth-order valence-electron chi connectivity index (χ4n) is 1.57. The van der Waals surface area contributed by atoms with E-state index in [1.54, 1.807) is 12.1 Å². The molecule has 1 aromatic carbocycles. The Labute approximate surface area is 113 Å². The third kappa shape index (κ3) is 5.52. The molecule has 0 saturated heterocycles. The second kappa shape index (κ2) is 8.26. The molecule has 0 spiro atoms. The van der Waals surface area contributed by atoms with E-state index in [9.17, 15) is 9.59 Å². The van der Waals surface area contributed by atoms with E-state index in [0.29, 0.717) is 13.1 Å². The molecule has 0 aliphatic carbocycles. The fraction of sp³-hybridized carbons (Fsp3) is 0.429. The van der Waals surface area contributed by atoms with Gasteiger partial charge in [0, 0.05) is 19.5 Å². The number of nitrogens with two attached hydrogens (primary N) is 1. The van der Waals surface area contributed by atoms with Crippen molar-refractivity contribution in [3.63, 3.8) is 0 Å². The van der Waals surface area contributed by atoms with Crippen LogP contribution in [0.2, 0.25) is 0 Å². The Morgan fingerprint density at radius 2 is 1.84 bits per heavy atom. The highest BCUT2D eigenvalue weighted by Gasteiger charge is 2.14. The Kier molecular flexibility index (Phi) is 6.60. The predicted octanol–water partition coefficient (Wildman–Crippen LogP) is 0.719. The van der Waals surface area contributed by atoms with Gasteiger partial charge in [0.25, 0.3) is 0 Å². The van der Waals surface area contributed by atoms with Gasteiger partial charge in [-0.15, -0.1) is 0 Å². The van der Waals surface area contributed by atoms with Gasteiger partial charge in [0.05, 0.1) is 0 Å². The fourth-order valence-corrected chi connectivity index (χ4v) is 1.57. The summed E-state index contributed by atoms with van der Waals surface area (Å²) in [4.78, 5) is 23.1. The molecule has 5 nitrogen and oxygen atoms in total. The highest BCUT2D eigenvalue weighted by molar-refractivity contribution is 5.83. The van der Waals surface area contributed by atoms with Crippen molar-refractivity contribution in [1.82, 2.24) is 10.6 Å². The Hall–Kier alpha value is -1.88. The molecule has 2 amide bonds. The van der Waals surface area contributed by atoms with E-state index in [1.807, 2.05) is 25.1 Å². The summed E-state index contributed by atoms with van der Waals surface area (Å²) < 4.78 is 0. The molecule has 1 atom stereocenters. The van der Waals surface area contributed by atoms with E-state index in [0.717, 1.165) is 12.0 Å². The number of hydrogen-bond acceptors (Lipinski definition) is 3. The Balaban J connectivity index is 2.30. The molecule has 104 valence electrons. The number of nitrogens with one attached hydrogen (secondary N) is 2. The molecule has 5 heteroatoms. The van der Waals surface area contributed by atoms with Crippen molar-refractivity contribution in [3.05, 3.63) is 35.9 Å². The third-order valence-electron chi connectivity index (χ3n) is 2.66. The Morgan fingerprint density at radius 1 is 1.16 bits per heavy atom. The van der Waals surface area contributed by atoms with Gasteiger partial charge in [-0.1, -0.05) is 37.3 Å². The summed E-state index contributed by atoms with van der Waals surface area (Å²) in [5.74, 6) is -0.329. The molecule has 0 fully saturated rings. The zero-order chi connectivity index (χ0) is 14.1. The molecule has 0 aliphatic rings. The summed E-state index contributed by atoms with van der Waals surface area (Å²) in [5.41, 5.74) is 6.58. The summed E-state index contributed by atoms with van der Waals surface area (Å²) in [7, 11) is 0. The number of rotatable bonds is 7. The molecule has 1 aromatic rings. The van der Waals surface area contributed by atoms with Crippen molar-refractivity contribution in [1.29, 1.82) is 0 Å². The lowest BCUT2D eigenvalue weighted by Gasteiger charge is -2.12. The molecule has 0 unspecified atom stereocenters. The van der Waals surface area contributed by atoms with Crippen molar-refractivity contribution in [2.45, 2.75) is 25.8 Å². The number of carbonyl (C=O) groups is 2. The quantitative estimate of drug-likeness (QED) is 0.677. The van der Waals surface area contributed by atoms with Crippen LogP contribution >= 0.6 is 0 Å². The van der Waals surface area contributed by atoms with Gasteiger partial charge in [0.1, 0.15) is 6.04 Å². The number of amides is 2.